The van der Waals surface area contributed by atoms with Crippen molar-refractivity contribution in [2.24, 2.45) is 0 Å². The first-order valence-corrected chi connectivity index (χ1v) is 26.6. The standard InChI is InChI=1S/C74H47NO2/c1-2-22-48(23-3-1)51-24-6-14-38-65(51)75(50-46-44-49(45-47-50)52-28-20-36-63-71(52)55-26-4-8-30-57(55)73(63)59-32-10-16-40-67(59)76-68-41-17-11-33-60(68)73)66-39-15-7-25-53(66)54-29-21-37-64-72(54)56-27-5-9-31-58(56)74(64)61-34-12-18-42-69(61)77-70-43-19-13-35-62(70)74/h1-47H. The highest BCUT2D eigenvalue weighted by Gasteiger charge is 2.53. The molecule has 0 saturated carbocycles. The summed E-state index contributed by atoms with van der Waals surface area (Å²) >= 11 is 0. The summed E-state index contributed by atoms with van der Waals surface area (Å²) in [5.41, 5.74) is 23.7. The second kappa shape index (κ2) is 16.8. The topological polar surface area (TPSA) is 21.7 Å². The Morgan fingerprint density at radius 2 is 0.558 bits per heavy atom. The highest BCUT2D eigenvalue weighted by atomic mass is 16.5. The Bertz CT molecular complexity index is 4270. The first kappa shape index (κ1) is 43.4. The van der Waals surface area contributed by atoms with Gasteiger partial charge in [-0.1, -0.05) is 237 Å². The van der Waals surface area contributed by atoms with Crippen molar-refractivity contribution in [2.75, 3.05) is 4.90 Å². The Kier molecular flexibility index (Phi) is 9.47. The maximum atomic E-state index is 6.72. The SMILES string of the molecule is c1ccc(-c2ccccc2N(c2ccc(-c3cccc4c3-c3ccccc3C43c4ccccc4Oc4ccccc43)cc2)c2ccccc2-c2cccc3c2-c2ccccc2C32c3ccccc3Oc3ccccc32)cc1. The molecule has 0 saturated heterocycles. The fourth-order valence-corrected chi connectivity index (χ4v) is 13.9. The average molecular weight is 982 g/mol. The molecule has 4 aliphatic rings. The number of ether oxygens (including phenoxy) is 2. The number of benzene rings is 12. The maximum Gasteiger partial charge on any atom is 0.132 e. The molecule has 2 heterocycles. The zero-order valence-electron chi connectivity index (χ0n) is 41.9. The van der Waals surface area contributed by atoms with Crippen molar-refractivity contribution in [1.82, 2.24) is 0 Å². The van der Waals surface area contributed by atoms with E-state index in [1.165, 1.54) is 55.6 Å². The molecule has 3 heteroatoms. The fourth-order valence-electron chi connectivity index (χ4n) is 13.9. The molecule has 0 radical (unpaired) electrons. The third-order valence-electron chi connectivity index (χ3n) is 16.8. The van der Waals surface area contributed by atoms with Gasteiger partial charge in [-0.3, -0.25) is 0 Å². The lowest BCUT2D eigenvalue weighted by molar-refractivity contribution is 0.436. The molecule has 12 aromatic carbocycles. The van der Waals surface area contributed by atoms with Crippen LogP contribution in [0.15, 0.2) is 285 Å². The highest BCUT2D eigenvalue weighted by Crippen LogP contribution is 2.65. The lowest BCUT2D eigenvalue weighted by Crippen LogP contribution is -2.32. The molecule has 2 aliphatic carbocycles. The molecular weight excluding hydrogens is 935 g/mol. The van der Waals surface area contributed by atoms with Crippen molar-refractivity contribution in [3.8, 4) is 78.6 Å². The summed E-state index contributed by atoms with van der Waals surface area (Å²) in [6.45, 7) is 0. The zero-order chi connectivity index (χ0) is 50.7. The fraction of sp³-hybridized carbons (Fsp3) is 0.0270. The van der Waals surface area contributed by atoms with Crippen molar-refractivity contribution in [2.45, 2.75) is 10.8 Å². The van der Waals surface area contributed by atoms with Crippen LogP contribution in [-0.2, 0) is 10.8 Å². The van der Waals surface area contributed by atoms with Crippen LogP contribution in [0.3, 0.4) is 0 Å². The van der Waals surface area contributed by atoms with Crippen LogP contribution < -0.4 is 14.4 Å². The van der Waals surface area contributed by atoms with E-state index in [2.05, 4.69) is 290 Å². The second-order valence-corrected chi connectivity index (χ2v) is 20.5. The first-order chi connectivity index (χ1) is 38.2. The lowest BCUT2D eigenvalue weighted by Gasteiger charge is -2.39. The molecule has 77 heavy (non-hydrogen) atoms. The van der Waals surface area contributed by atoms with E-state index in [4.69, 9.17) is 9.47 Å². The van der Waals surface area contributed by atoms with E-state index in [0.717, 1.165) is 84.6 Å². The molecule has 360 valence electrons. The minimum absolute atomic E-state index is 0.551. The van der Waals surface area contributed by atoms with E-state index in [-0.39, 0.29) is 0 Å². The van der Waals surface area contributed by atoms with Crippen LogP contribution >= 0.6 is 0 Å². The van der Waals surface area contributed by atoms with E-state index in [0.29, 0.717) is 0 Å². The Labute approximate surface area is 448 Å². The van der Waals surface area contributed by atoms with E-state index < -0.39 is 10.8 Å². The first-order valence-electron chi connectivity index (χ1n) is 26.6. The summed E-state index contributed by atoms with van der Waals surface area (Å²) in [5.74, 6) is 3.55. The minimum atomic E-state index is -0.590. The number of hydrogen-bond acceptors (Lipinski definition) is 3. The highest BCUT2D eigenvalue weighted by molar-refractivity contribution is 6.02. The van der Waals surface area contributed by atoms with E-state index in [1.54, 1.807) is 0 Å². The van der Waals surface area contributed by atoms with Crippen LogP contribution in [-0.4, -0.2) is 0 Å². The summed E-state index contributed by atoms with van der Waals surface area (Å²) in [7, 11) is 0. The number of nitrogens with zero attached hydrogens (tertiary/aromatic N) is 1. The van der Waals surface area contributed by atoms with E-state index in [1.807, 2.05) is 0 Å². The van der Waals surface area contributed by atoms with Gasteiger partial charge in [-0.15, -0.1) is 0 Å². The lowest BCUT2D eigenvalue weighted by atomic mass is 9.66. The van der Waals surface area contributed by atoms with Gasteiger partial charge in [0.25, 0.3) is 0 Å². The predicted octanol–water partition coefficient (Wildman–Crippen LogP) is 19.1. The number of para-hydroxylation sites is 6. The van der Waals surface area contributed by atoms with Crippen LogP contribution in [0, 0.1) is 0 Å². The Balaban J connectivity index is 0.901. The van der Waals surface area contributed by atoms with Crippen molar-refractivity contribution in [1.29, 1.82) is 0 Å². The van der Waals surface area contributed by atoms with Crippen molar-refractivity contribution >= 4 is 17.1 Å². The number of fused-ring (bicyclic) bond motifs is 18. The molecule has 0 atom stereocenters. The van der Waals surface area contributed by atoms with Crippen LogP contribution in [0.25, 0.3) is 55.6 Å². The molecule has 16 rings (SSSR count). The van der Waals surface area contributed by atoms with Gasteiger partial charge in [0.15, 0.2) is 0 Å². The van der Waals surface area contributed by atoms with Crippen LogP contribution in [0.4, 0.5) is 17.1 Å². The predicted molar refractivity (Wildman–Crippen MR) is 312 cm³/mol. The summed E-state index contributed by atoms with van der Waals surface area (Å²) < 4.78 is 13.4. The van der Waals surface area contributed by atoms with Gasteiger partial charge in [-0.25, -0.2) is 0 Å². The monoisotopic (exact) mass is 981 g/mol. The number of hydrogen-bond donors (Lipinski definition) is 0. The van der Waals surface area contributed by atoms with Gasteiger partial charge in [-0.2, -0.15) is 0 Å². The Hall–Kier alpha value is -9.96. The summed E-state index contributed by atoms with van der Waals surface area (Å²) in [6, 6.07) is 104. The largest absolute Gasteiger partial charge is 0.457 e. The van der Waals surface area contributed by atoms with Gasteiger partial charge in [0, 0.05) is 39.1 Å². The number of anilines is 3. The van der Waals surface area contributed by atoms with Crippen molar-refractivity contribution in [3.05, 3.63) is 330 Å². The van der Waals surface area contributed by atoms with Crippen molar-refractivity contribution < 1.29 is 9.47 Å². The summed E-state index contributed by atoms with van der Waals surface area (Å²) in [4.78, 5) is 2.48. The smallest absolute Gasteiger partial charge is 0.132 e. The minimum Gasteiger partial charge on any atom is -0.457 e. The molecule has 2 aliphatic heterocycles. The Morgan fingerprint density at radius 3 is 1.06 bits per heavy atom. The quantitative estimate of drug-likeness (QED) is 0.166. The summed E-state index contributed by atoms with van der Waals surface area (Å²) in [5, 5.41) is 0. The zero-order valence-corrected chi connectivity index (χ0v) is 41.9. The maximum absolute atomic E-state index is 6.72. The molecule has 3 nitrogen and oxygen atoms in total. The van der Waals surface area contributed by atoms with Crippen molar-refractivity contribution in [3.63, 3.8) is 0 Å². The number of rotatable bonds is 6. The van der Waals surface area contributed by atoms with Gasteiger partial charge in [0.05, 0.1) is 22.2 Å². The van der Waals surface area contributed by atoms with Gasteiger partial charge in [0.2, 0.25) is 0 Å². The molecule has 12 aromatic rings. The third-order valence-corrected chi connectivity index (χ3v) is 16.8. The van der Waals surface area contributed by atoms with Gasteiger partial charge in [-0.05, 0) is 115 Å². The van der Waals surface area contributed by atoms with E-state index >= 15 is 0 Å². The second-order valence-electron chi connectivity index (χ2n) is 20.5. The van der Waals surface area contributed by atoms with Crippen LogP contribution in [0.2, 0.25) is 0 Å². The van der Waals surface area contributed by atoms with Crippen LogP contribution in [0.1, 0.15) is 44.5 Å². The molecule has 0 fully saturated rings. The van der Waals surface area contributed by atoms with Crippen LogP contribution in [0.5, 0.6) is 23.0 Å². The molecule has 0 N–H and O–H groups in total. The molecule has 0 unspecified atom stereocenters. The molecule has 0 bridgehead atoms. The van der Waals surface area contributed by atoms with Gasteiger partial charge < -0.3 is 14.4 Å². The average Bonchev–Trinajstić information content (AvgIpc) is 3.80. The molecule has 0 aromatic heterocycles. The molecule has 0 amide bonds. The molecule has 2 spiro atoms. The van der Waals surface area contributed by atoms with Gasteiger partial charge >= 0.3 is 0 Å². The third kappa shape index (κ3) is 6.02. The summed E-state index contributed by atoms with van der Waals surface area (Å²) in [6.07, 6.45) is 0. The van der Waals surface area contributed by atoms with E-state index in [9.17, 15) is 0 Å². The Morgan fingerprint density at radius 1 is 0.221 bits per heavy atom. The van der Waals surface area contributed by atoms with Gasteiger partial charge in [0.1, 0.15) is 23.0 Å². The molecular formula is C74H47NO2. The normalized spacial score (nSPS) is 13.9.